The Morgan fingerprint density at radius 3 is 2.56 bits per heavy atom. The van der Waals surface area contributed by atoms with Gasteiger partial charge in [-0.2, -0.15) is 0 Å². The third-order valence-electron chi connectivity index (χ3n) is 3.80. The van der Waals surface area contributed by atoms with Crippen molar-refractivity contribution in [3.8, 4) is 0 Å². The number of hydrogen-bond acceptors (Lipinski definition) is 3. The Bertz CT molecular complexity index is 995. The molecule has 3 aromatic rings. The van der Waals surface area contributed by atoms with Gasteiger partial charge in [-0.3, -0.25) is 0 Å². The van der Waals surface area contributed by atoms with Gasteiger partial charge in [0.15, 0.2) is 5.11 Å². The zero-order valence-corrected chi connectivity index (χ0v) is 15.0. The predicted molar refractivity (Wildman–Crippen MR) is 104 cm³/mol. The highest BCUT2D eigenvalue weighted by atomic mass is 32.2. The quantitative estimate of drug-likeness (QED) is 0.514. The standard InChI is InChI=1S/C17H18N4O2S2/c18-25(22,23)14-7-5-13(6-8-14)21-17(24)19-10-9-12-11-20-16-4-2-1-3-15(12)16/h1-8,11,20H,9-10H2,(H2,18,22,23)(H2,19,21,24). The number of H-pyrrole nitrogens is 1. The molecule has 5 N–H and O–H groups in total. The van der Waals surface area contributed by atoms with Crippen molar-refractivity contribution in [2.24, 2.45) is 5.14 Å². The van der Waals surface area contributed by atoms with Gasteiger partial charge >= 0.3 is 0 Å². The van der Waals surface area contributed by atoms with E-state index in [9.17, 15) is 8.42 Å². The largest absolute Gasteiger partial charge is 0.362 e. The van der Waals surface area contributed by atoms with E-state index in [1.54, 1.807) is 12.1 Å². The average molecular weight is 374 g/mol. The molecule has 0 aliphatic heterocycles. The highest BCUT2D eigenvalue weighted by Crippen LogP contribution is 2.17. The molecule has 2 aromatic carbocycles. The van der Waals surface area contributed by atoms with Crippen LogP contribution in [0.1, 0.15) is 5.56 Å². The number of primary sulfonamides is 1. The summed E-state index contributed by atoms with van der Waals surface area (Å²) in [6, 6.07) is 14.3. The maximum absolute atomic E-state index is 11.2. The molecule has 0 saturated heterocycles. The number of rotatable bonds is 5. The molecule has 0 aliphatic carbocycles. The second-order valence-electron chi connectivity index (χ2n) is 5.56. The Balaban J connectivity index is 1.53. The van der Waals surface area contributed by atoms with Crippen LogP contribution in [0, 0.1) is 0 Å². The van der Waals surface area contributed by atoms with Gasteiger partial charge in [0.05, 0.1) is 4.90 Å². The van der Waals surface area contributed by atoms with Gasteiger partial charge in [0.2, 0.25) is 10.0 Å². The lowest BCUT2D eigenvalue weighted by Crippen LogP contribution is -2.30. The van der Waals surface area contributed by atoms with E-state index in [0.717, 1.165) is 11.9 Å². The zero-order valence-electron chi connectivity index (χ0n) is 13.3. The molecule has 0 fully saturated rings. The molecule has 0 amide bonds. The first-order valence-electron chi connectivity index (χ1n) is 7.66. The van der Waals surface area contributed by atoms with E-state index in [-0.39, 0.29) is 4.90 Å². The van der Waals surface area contributed by atoms with E-state index < -0.39 is 10.0 Å². The van der Waals surface area contributed by atoms with Crippen molar-refractivity contribution in [2.75, 3.05) is 11.9 Å². The summed E-state index contributed by atoms with van der Waals surface area (Å²) in [4.78, 5) is 3.31. The third-order valence-corrected chi connectivity index (χ3v) is 4.97. The molecule has 0 atom stereocenters. The van der Waals surface area contributed by atoms with Crippen molar-refractivity contribution in [3.05, 3.63) is 60.3 Å². The number of para-hydroxylation sites is 1. The van der Waals surface area contributed by atoms with Crippen LogP contribution in [0.15, 0.2) is 59.6 Å². The lowest BCUT2D eigenvalue weighted by atomic mass is 10.1. The zero-order chi connectivity index (χ0) is 17.9. The number of anilines is 1. The monoisotopic (exact) mass is 374 g/mol. The van der Waals surface area contributed by atoms with Crippen LogP contribution >= 0.6 is 12.2 Å². The maximum Gasteiger partial charge on any atom is 0.238 e. The van der Waals surface area contributed by atoms with Gasteiger partial charge in [-0.15, -0.1) is 0 Å². The molecule has 25 heavy (non-hydrogen) atoms. The van der Waals surface area contributed by atoms with Crippen LogP contribution < -0.4 is 15.8 Å². The van der Waals surface area contributed by atoms with Crippen LogP contribution in [-0.4, -0.2) is 25.1 Å². The molecule has 1 heterocycles. The summed E-state index contributed by atoms with van der Waals surface area (Å²) in [6.07, 6.45) is 2.84. The summed E-state index contributed by atoms with van der Waals surface area (Å²) in [5, 5.41) is 12.9. The van der Waals surface area contributed by atoms with E-state index in [0.29, 0.717) is 17.3 Å². The Morgan fingerprint density at radius 2 is 1.84 bits per heavy atom. The summed E-state index contributed by atoms with van der Waals surface area (Å²) >= 11 is 5.26. The summed E-state index contributed by atoms with van der Waals surface area (Å²) < 4.78 is 22.5. The molecule has 0 aliphatic rings. The lowest BCUT2D eigenvalue weighted by molar-refractivity contribution is 0.598. The Morgan fingerprint density at radius 1 is 1.12 bits per heavy atom. The normalized spacial score (nSPS) is 11.4. The molecular weight excluding hydrogens is 356 g/mol. The van der Waals surface area contributed by atoms with Crippen LogP contribution in [0.4, 0.5) is 5.69 Å². The van der Waals surface area contributed by atoms with Crippen molar-refractivity contribution < 1.29 is 8.42 Å². The van der Waals surface area contributed by atoms with Crippen molar-refractivity contribution >= 4 is 43.9 Å². The number of sulfonamides is 1. The third kappa shape index (κ3) is 4.36. The minimum absolute atomic E-state index is 0.0660. The molecule has 0 unspecified atom stereocenters. The van der Waals surface area contributed by atoms with E-state index >= 15 is 0 Å². The first-order valence-corrected chi connectivity index (χ1v) is 9.62. The number of aromatic nitrogens is 1. The van der Waals surface area contributed by atoms with Crippen molar-refractivity contribution in [1.29, 1.82) is 0 Å². The van der Waals surface area contributed by atoms with Gasteiger partial charge in [-0.1, -0.05) is 18.2 Å². The first-order chi connectivity index (χ1) is 11.9. The van der Waals surface area contributed by atoms with Gasteiger partial charge in [0.1, 0.15) is 0 Å². The van der Waals surface area contributed by atoms with Gasteiger partial charge in [0, 0.05) is 29.3 Å². The predicted octanol–water partition coefficient (Wildman–Crippen LogP) is 2.34. The SMILES string of the molecule is NS(=O)(=O)c1ccc(NC(=S)NCCc2c[nH]c3ccccc23)cc1. The molecule has 0 spiro atoms. The van der Waals surface area contributed by atoms with Crippen LogP contribution in [0.3, 0.4) is 0 Å². The average Bonchev–Trinajstić information content (AvgIpc) is 2.98. The molecule has 1 aromatic heterocycles. The van der Waals surface area contributed by atoms with Crippen LogP contribution in [0.2, 0.25) is 0 Å². The minimum Gasteiger partial charge on any atom is -0.362 e. The number of nitrogens with two attached hydrogens (primary N) is 1. The van der Waals surface area contributed by atoms with E-state index in [1.165, 1.54) is 23.1 Å². The summed E-state index contributed by atoms with van der Waals surface area (Å²) in [6.45, 7) is 0.683. The van der Waals surface area contributed by atoms with Gasteiger partial charge < -0.3 is 15.6 Å². The molecule has 0 saturated carbocycles. The molecule has 3 rings (SSSR count). The highest BCUT2D eigenvalue weighted by molar-refractivity contribution is 7.89. The van der Waals surface area contributed by atoms with Crippen molar-refractivity contribution in [3.63, 3.8) is 0 Å². The number of fused-ring (bicyclic) bond motifs is 1. The van der Waals surface area contributed by atoms with Crippen molar-refractivity contribution in [2.45, 2.75) is 11.3 Å². The number of benzene rings is 2. The van der Waals surface area contributed by atoms with E-state index in [1.807, 2.05) is 24.4 Å². The van der Waals surface area contributed by atoms with Gasteiger partial charge in [-0.05, 0) is 54.5 Å². The molecule has 130 valence electrons. The molecule has 0 bridgehead atoms. The fourth-order valence-corrected chi connectivity index (χ4v) is 3.29. The lowest BCUT2D eigenvalue weighted by Gasteiger charge is -2.10. The second kappa shape index (κ2) is 7.22. The Labute approximate surface area is 151 Å². The van der Waals surface area contributed by atoms with E-state index in [2.05, 4.69) is 21.7 Å². The summed E-state index contributed by atoms with van der Waals surface area (Å²) in [5.74, 6) is 0. The fourth-order valence-electron chi connectivity index (χ4n) is 2.55. The van der Waals surface area contributed by atoms with Crippen LogP contribution in [0.25, 0.3) is 10.9 Å². The smallest absolute Gasteiger partial charge is 0.238 e. The number of aromatic amines is 1. The molecular formula is C17H18N4O2S2. The van der Waals surface area contributed by atoms with Gasteiger partial charge in [0.25, 0.3) is 0 Å². The Kier molecular flexibility index (Phi) is 5.03. The number of nitrogens with one attached hydrogen (secondary N) is 3. The number of thiocarbonyl (C=S) groups is 1. The van der Waals surface area contributed by atoms with Crippen LogP contribution in [0.5, 0.6) is 0 Å². The van der Waals surface area contributed by atoms with Crippen LogP contribution in [-0.2, 0) is 16.4 Å². The minimum atomic E-state index is -3.68. The maximum atomic E-state index is 11.2. The van der Waals surface area contributed by atoms with E-state index in [4.69, 9.17) is 17.4 Å². The fraction of sp³-hybridized carbons (Fsp3) is 0.118. The number of hydrogen-bond donors (Lipinski definition) is 4. The van der Waals surface area contributed by atoms with Gasteiger partial charge in [-0.25, -0.2) is 13.6 Å². The highest BCUT2D eigenvalue weighted by Gasteiger charge is 2.07. The topological polar surface area (TPSA) is 100 Å². The summed E-state index contributed by atoms with van der Waals surface area (Å²) in [5.41, 5.74) is 3.04. The Hall–Kier alpha value is -2.42. The summed E-state index contributed by atoms with van der Waals surface area (Å²) in [7, 11) is -3.68. The molecule has 0 radical (unpaired) electrons. The second-order valence-corrected chi connectivity index (χ2v) is 7.53. The molecule has 8 heteroatoms. The first kappa shape index (κ1) is 17.4. The molecule has 6 nitrogen and oxygen atoms in total. The van der Waals surface area contributed by atoms with Crippen molar-refractivity contribution in [1.82, 2.24) is 10.3 Å².